The number of carbonyl (C=O) groups is 1. The molecule has 1 aliphatic carbocycles. The summed E-state index contributed by atoms with van der Waals surface area (Å²) >= 11 is 0. The van der Waals surface area contributed by atoms with E-state index in [2.05, 4.69) is 31.4 Å². The van der Waals surface area contributed by atoms with Crippen LogP contribution in [0.2, 0.25) is 0 Å². The lowest BCUT2D eigenvalue weighted by Gasteiger charge is -2.25. The predicted molar refractivity (Wildman–Crippen MR) is 76.5 cm³/mol. The molecule has 18 heavy (non-hydrogen) atoms. The summed E-state index contributed by atoms with van der Waals surface area (Å²) in [7, 11) is 0. The largest absolute Gasteiger partial charge is 0.354 e. The van der Waals surface area contributed by atoms with Crippen LogP contribution >= 0.6 is 0 Å². The Morgan fingerprint density at radius 3 is 2.61 bits per heavy atom. The number of hydrogen-bond acceptors (Lipinski definition) is 2. The van der Waals surface area contributed by atoms with Crippen molar-refractivity contribution in [2.75, 3.05) is 19.6 Å². The van der Waals surface area contributed by atoms with Crippen molar-refractivity contribution >= 4 is 5.91 Å². The minimum atomic E-state index is 0.138. The molecule has 0 aromatic heterocycles. The van der Waals surface area contributed by atoms with Crippen LogP contribution in [0.1, 0.15) is 59.3 Å². The van der Waals surface area contributed by atoms with Crippen LogP contribution in [0.5, 0.6) is 0 Å². The third kappa shape index (κ3) is 7.70. The Morgan fingerprint density at radius 1 is 1.28 bits per heavy atom. The number of nitrogens with one attached hydrogen (secondary N) is 2. The van der Waals surface area contributed by atoms with Gasteiger partial charge in [0, 0.05) is 6.54 Å². The van der Waals surface area contributed by atoms with Crippen molar-refractivity contribution < 1.29 is 4.79 Å². The topological polar surface area (TPSA) is 41.1 Å². The van der Waals surface area contributed by atoms with E-state index < -0.39 is 0 Å². The first kappa shape index (κ1) is 15.5. The van der Waals surface area contributed by atoms with E-state index in [9.17, 15) is 4.79 Å². The highest BCUT2D eigenvalue weighted by molar-refractivity contribution is 5.78. The molecule has 106 valence electrons. The maximum atomic E-state index is 11.6. The van der Waals surface area contributed by atoms with Gasteiger partial charge in [-0.3, -0.25) is 4.79 Å². The third-order valence-electron chi connectivity index (χ3n) is 3.64. The van der Waals surface area contributed by atoms with E-state index in [-0.39, 0.29) is 11.3 Å². The molecule has 0 radical (unpaired) electrons. The summed E-state index contributed by atoms with van der Waals surface area (Å²) < 4.78 is 0. The van der Waals surface area contributed by atoms with Crippen LogP contribution in [0.4, 0.5) is 0 Å². The van der Waals surface area contributed by atoms with E-state index in [4.69, 9.17) is 0 Å². The average Bonchev–Trinajstić information content (AvgIpc) is 3.11. The maximum absolute atomic E-state index is 11.6. The highest BCUT2D eigenvalue weighted by atomic mass is 16.1. The van der Waals surface area contributed by atoms with Crippen molar-refractivity contribution in [2.45, 2.75) is 59.3 Å². The predicted octanol–water partition coefficient (Wildman–Crippen LogP) is 2.71. The Labute approximate surface area is 112 Å². The van der Waals surface area contributed by atoms with E-state index in [0.29, 0.717) is 6.54 Å². The first-order valence-electron chi connectivity index (χ1n) is 7.51. The van der Waals surface area contributed by atoms with Gasteiger partial charge in [-0.05, 0) is 37.1 Å². The van der Waals surface area contributed by atoms with Crippen molar-refractivity contribution in [3.05, 3.63) is 0 Å². The first-order valence-corrected chi connectivity index (χ1v) is 7.51. The summed E-state index contributed by atoms with van der Waals surface area (Å²) in [6, 6.07) is 0. The smallest absolute Gasteiger partial charge is 0.233 e. The first-order chi connectivity index (χ1) is 8.53. The lowest BCUT2D eigenvalue weighted by atomic mass is 9.87. The Balaban J connectivity index is 2.03. The number of carbonyl (C=O) groups excluding carboxylic acids is 1. The zero-order chi connectivity index (χ0) is 13.4. The molecule has 3 heteroatoms. The normalized spacial score (nSPS) is 15.7. The summed E-state index contributed by atoms with van der Waals surface area (Å²) in [6.07, 6.45) is 7.67. The van der Waals surface area contributed by atoms with E-state index in [1.54, 1.807) is 0 Å². The SMILES string of the molecule is CCCCCC(C)(C)CNC(=O)CNCC1CC1. The zero-order valence-electron chi connectivity index (χ0n) is 12.3. The molecule has 3 nitrogen and oxygen atoms in total. The van der Waals surface area contributed by atoms with Gasteiger partial charge in [0.05, 0.1) is 6.54 Å². The van der Waals surface area contributed by atoms with Crippen molar-refractivity contribution in [1.82, 2.24) is 10.6 Å². The van der Waals surface area contributed by atoms with E-state index >= 15 is 0 Å². The molecule has 1 amide bonds. The fourth-order valence-electron chi connectivity index (χ4n) is 2.05. The van der Waals surface area contributed by atoms with Crippen molar-refractivity contribution in [1.29, 1.82) is 0 Å². The van der Waals surface area contributed by atoms with Crippen LogP contribution in [0.25, 0.3) is 0 Å². The molecule has 2 N–H and O–H groups in total. The molecule has 0 heterocycles. The minimum Gasteiger partial charge on any atom is -0.354 e. The quantitative estimate of drug-likeness (QED) is 0.589. The van der Waals surface area contributed by atoms with Crippen LogP contribution < -0.4 is 10.6 Å². The maximum Gasteiger partial charge on any atom is 0.233 e. The van der Waals surface area contributed by atoms with E-state index in [1.165, 1.54) is 38.5 Å². The van der Waals surface area contributed by atoms with Crippen LogP contribution in [-0.2, 0) is 4.79 Å². The van der Waals surface area contributed by atoms with Gasteiger partial charge in [0.2, 0.25) is 5.91 Å². The van der Waals surface area contributed by atoms with Gasteiger partial charge < -0.3 is 10.6 Å². The Hall–Kier alpha value is -0.570. The van der Waals surface area contributed by atoms with Gasteiger partial charge in [0.1, 0.15) is 0 Å². The molecular formula is C15H30N2O. The molecule has 0 atom stereocenters. The molecule has 0 bridgehead atoms. The lowest BCUT2D eigenvalue weighted by Crippen LogP contribution is -2.39. The Bertz CT molecular complexity index is 247. The summed E-state index contributed by atoms with van der Waals surface area (Å²) in [5, 5.41) is 6.27. The van der Waals surface area contributed by atoms with Gasteiger partial charge in [0.25, 0.3) is 0 Å². The van der Waals surface area contributed by atoms with E-state index in [1.807, 2.05) is 0 Å². The summed E-state index contributed by atoms with van der Waals surface area (Å²) in [4.78, 5) is 11.6. The fraction of sp³-hybridized carbons (Fsp3) is 0.933. The van der Waals surface area contributed by atoms with Gasteiger partial charge in [0.15, 0.2) is 0 Å². The molecule has 0 aliphatic heterocycles. The van der Waals surface area contributed by atoms with Crippen LogP contribution in [0, 0.1) is 11.3 Å². The van der Waals surface area contributed by atoms with Crippen molar-refractivity contribution in [3.8, 4) is 0 Å². The molecule has 0 spiro atoms. The van der Waals surface area contributed by atoms with Gasteiger partial charge >= 0.3 is 0 Å². The number of rotatable bonds is 10. The summed E-state index contributed by atoms with van der Waals surface area (Å²) in [5.41, 5.74) is 0.224. The second kappa shape index (κ2) is 7.78. The Kier molecular flexibility index (Phi) is 6.69. The number of amides is 1. The lowest BCUT2D eigenvalue weighted by molar-refractivity contribution is -0.120. The molecule has 0 aromatic carbocycles. The second-order valence-electron chi connectivity index (χ2n) is 6.47. The van der Waals surface area contributed by atoms with Crippen LogP contribution in [0.3, 0.4) is 0 Å². The van der Waals surface area contributed by atoms with Gasteiger partial charge in [-0.1, -0.05) is 40.0 Å². The summed E-state index contributed by atoms with van der Waals surface area (Å²) in [6.45, 7) is 8.97. The highest BCUT2D eigenvalue weighted by Gasteiger charge is 2.21. The third-order valence-corrected chi connectivity index (χ3v) is 3.64. The Morgan fingerprint density at radius 2 is 2.00 bits per heavy atom. The van der Waals surface area contributed by atoms with Crippen molar-refractivity contribution in [2.24, 2.45) is 11.3 Å². The van der Waals surface area contributed by atoms with Crippen LogP contribution in [-0.4, -0.2) is 25.5 Å². The fourth-order valence-corrected chi connectivity index (χ4v) is 2.05. The molecule has 0 saturated heterocycles. The minimum absolute atomic E-state index is 0.138. The van der Waals surface area contributed by atoms with Crippen molar-refractivity contribution in [3.63, 3.8) is 0 Å². The standard InChI is InChI=1S/C15H30N2O/c1-4-5-6-9-15(2,3)12-17-14(18)11-16-10-13-7-8-13/h13,16H,4-12H2,1-3H3,(H,17,18). The zero-order valence-corrected chi connectivity index (χ0v) is 12.3. The molecule has 0 unspecified atom stereocenters. The molecule has 1 saturated carbocycles. The number of hydrogen-bond donors (Lipinski definition) is 2. The van der Waals surface area contributed by atoms with Gasteiger partial charge in [-0.15, -0.1) is 0 Å². The molecule has 1 fully saturated rings. The monoisotopic (exact) mass is 254 g/mol. The molecular weight excluding hydrogens is 224 g/mol. The van der Waals surface area contributed by atoms with Gasteiger partial charge in [-0.25, -0.2) is 0 Å². The second-order valence-corrected chi connectivity index (χ2v) is 6.47. The molecule has 1 rings (SSSR count). The van der Waals surface area contributed by atoms with Crippen LogP contribution in [0.15, 0.2) is 0 Å². The number of unbranched alkanes of at least 4 members (excludes halogenated alkanes) is 2. The highest BCUT2D eigenvalue weighted by Crippen LogP contribution is 2.27. The van der Waals surface area contributed by atoms with E-state index in [0.717, 1.165) is 19.0 Å². The average molecular weight is 254 g/mol. The summed E-state index contributed by atoms with van der Waals surface area (Å²) in [5.74, 6) is 0.975. The molecule has 1 aliphatic rings. The van der Waals surface area contributed by atoms with Gasteiger partial charge in [-0.2, -0.15) is 0 Å². The molecule has 0 aromatic rings.